The third-order valence-corrected chi connectivity index (χ3v) is 13.8. The van der Waals surface area contributed by atoms with Crippen molar-refractivity contribution < 1.29 is 19.1 Å². The molecule has 9 aromatic heterocycles. The molecule has 87 heavy (non-hydrogen) atoms. The molecule has 0 aliphatic carbocycles. The average Bonchev–Trinajstić information content (AvgIpc) is 2.41. The standard InChI is InChI=1S/C22H25N7O2.C17H17N7.C12H7N5O.C10H20N2O2/c1-22(2,3)31-21(30)28-10-4-5-16(14-28)26-18-8-9-24-20(27-18)17-12-25-19-7-6-15(11-23)13-29(17)19;18-8-12-3-4-16-21-10-14(24(16)11-12)17-20-7-5-15(23-17)22-13-2-1-6-19-9-13;13-5-8-1-2-10-15-6-9(17(10)7-8)12-14-4-3-11(18)16-12;1-10(2,3)14-9(13)12-6-4-5-8(11)7-12/h6-9,12-13,16H,4-5,10,14H2,1-3H3,(H,24,26,27);3-5,7,10-11,13,19H,1-2,6,9H2,(H,20,22,23);1-4,6-7H,(H,14,16,18);8H,4-7,11H2,1-3H3/t16-;13-;;8-/m11.1/s1. The number of pyridine rings is 3. The number of hydrogen-bond acceptors (Lipinski definition) is 20. The van der Waals surface area contributed by atoms with Gasteiger partial charge in [-0.25, -0.2) is 49.5 Å². The molecule has 26 heteroatoms. The number of carbonyl (C=O) groups is 2. The molecule has 9 aromatic rings. The van der Waals surface area contributed by atoms with Gasteiger partial charge in [-0.05, 0) is 135 Å². The van der Waals surface area contributed by atoms with Crippen LogP contribution in [0.5, 0.6) is 0 Å². The van der Waals surface area contributed by atoms with Crippen molar-refractivity contribution in [3.63, 3.8) is 0 Å². The fourth-order valence-corrected chi connectivity index (χ4v) is 9.75. The second-order valence-corrected chi connectivity index (χ2v) is 22.9. The minimum Gasteiger partial charge on any atom is -0.444 e. The largest absolute Gasteiger partial charge is 0.444 e. The minimum atomic E-state index is -0.515. The summed E-state index contributed by atoms with van der Waals surface area (Å²) in [6, 6.07) is 22.4. The number of nitrogens with two attached hydrogens (primary N) is 1. The summed E-state index contributed by atoms with van der Waals surface area (Å²) < 4.78 is 16.1. The van der Waals surface area contributed by atoms with Crippen LogP contribution >= 0.6 is 0 Å². The first kappa shape index (κ1) is 61.2. The molecular weight excluding hydrogens is 1110 g/mol. The van der Waals surface area contributed by atoms with Crippen LogP contribution in [0.3, 0.4) is 0 Å². The Labute approximate surface area is 502 Å². The summed E-state index contributed by atoms with van der Waals surface area (Å²) >= 11 is 0. The van der Waals surface area contributed by atoms with Crippen molar-refractivity contribution in [2.24, 2.45) is 5.73 Å². The zero-order valence-corrected chi connectivity index (χ0v) is 49.4. The zero-order chi connectivity index (χ0) is 61.7. The first-order valence-corrected chi connectivity index (χ1v) is 28.6. The lowest BCUT2D eigenvalue weighted by Gasteiger charge is -2.34. The molecule has 2 amide bonds. The number of piperidine rings is 3. The summed E-state index contributed by atoms with van der Waals surface area (Å²) in [6.07, 6.45) is 20.6. The highest BCUT2D eigenvalue weighted by Gasteiger charge is 2.29. The molecule has 3 atom stereocenters. The van der Waals surface area contributed by atoms with E-state index in [-0.39, 0.29) is 29.8 Å². The summed E-state index contributed by atoms with van der Waals surface area (Å²) in [4.78, 5) is 76.4. The van der Waals surface area contributed by atoms with Gasteiger partial charge in [0.05, 0.1) is 35.3 Å². The van der Waals surface area contributed by atoms with E-state index in [4.69, 9.17) is 25.7 Å². The highest BCUT2D eigenvalue weighted by atomic mass is 16.6. The predicted octanol–water partition coefficient (Wildman–Crippen LogP) is 7.60. The molecule has 0 spiro atoms. The number of aromatic amines is 1. The number of fused-ring (bicyclic) bond motifs is 3. The van der Waals surface area contributed by atoms with Crippen molar-refractivity contribution >= 4 is 40.8 Å². The van der Waals surface area contributed by atoms with E-state index in [0.29, 0.717) is 82.7 Å². The molecular formula is C61H69N21O5. The normalized spacial score (nSPS) is 16.7. The molecule has 12 heterocycles. The second-order valence-electron chi connectivity index (χ2n) is 22.9. The Morgan fingerprint density at radius 3 is 1.52 bits per heavy atom. The maximum absolute atomic E-state index is 12.4. The Morgan fingerprint density at radius 1 is 0.586 bits per heavy atom. The number of nitrogens with one attached hydrogen (secondary N) is 4. The first-order valence-electron chi connectivity index (χ1n) is 28.6. The smallest absolute Gasteiger partial charge is 0.410 e. The van der Waals surface area contributed by atoms with Crippen LogP contribution in [0.1, 0.15) is 96.8 Å². The summed E-state index contributed by atoms with van der Waals surface area (Å²) in [5, 5.41) is 37.4. The zero-order valence-electron chi connectivity index (χ0n) is 49.4. The summed E-state index contributed by atoms with van der Waals surface area (Å²) in [5.74, 6) is 3.00. The number of nitriles is 3. The Balaban J connectivity index is 0.000000144. The van der Waals surface area contributed by atoms with E-state index < -0.39 is 11.2 Å². The third kappa shape index (κ3) is 16.5. The summed E-state index contributed by atoms with van der Waals surface area (Å²) in [5.41, 5.74) is 10.5. The molecule has 3 fully saturated rings. The van der Waals surface area contributed by atoms with E-state index in [2.05, 4.69) is 79.0 Å². The maximum atomic E-state index is 12.4. The van der Waals surface area contributed by atoms with Gasteiger partial charge in [0.2, 0.25) is 0 Å². The number of aromatic nitrogens is 12. The topological polar surface area (TPSA) is 342 Å². The number of carbonyl (C=O) groups excluding carboxylic acids is 2. The number of ether oxygens (including phenoxy) is 2. The Kier molecular flexibility index (Phi) is 19.4. The van der Waals surface area contributed by atoms with Crippen molar-refractivity contribution in [2.75, 3.05) is 49.9 Å². The number of amides is 2. The van der Waals surface area contributed by atoms with Crippen LogP contribution < -0.4 is 27.2 Å². The van der Waals surface area contributed by atoms with E-state index in [1.54, 1.807) is 100 Å². The fourth-order valence-electron chi connectivity index (χ4n) is 9.75. The van der Waals surface area contributed by atoms with Crippen molar-refractivity contribution in [3.05, 3.63) is 137 Å². The van der Waals surface area contributed by atoms with Gasteiger partial charge in [-0.1, -0.05) is 0 Å². The molecule has 12 rings (SSSR count). The monoisotopic (exact) mass is 1180 g/mol. The molecule has 3 saturated heterocycles. The van der Waals surface area contributed by atoms with Gasteiger partial charge in [-0.15, -0.1) is 0 Å². The van der Waals surface area contributed by atoms with Gasteiger partial charge in [-0.2, -0.15) is 15.8 Å². The Morgan fingerprint density at radius 2 is 1.05 bits per heavy atom. The SMILES string of the molecule is CC(C)(C)OC(=O)N1CCC[C@@H](N)C1.CC(C)(C)OC(=O)N1CCC[C@@H](Nc2ccnc(-c3cnc4ccc(C#N)cn34)n2)C1.N#Cc1ccc2ncc(-c3nccc(=O)[nH]3)n2c1.N#Cc1ccc2ncc(-c3nccc(N[C@@H]4CCCNC4)n3)n2c1. The second kappa shape index (κ2) is 27.6. The maximum Gasteiger partial charge on any atom is 0.410 e. The molecule has 26 nitrogen and oxygen atoms in total. The minimum absolute atomic E-state index is 0.0661. The van der Waals surface area contributed by atoms with Gasteiger partial charge >= 0.3 is 12.2 Å². The highest BCUT2D eigenvalue weighted by Crippen LogP contribution is 2.24. The number of imidazole rings is 3. The highest BCUT2D eigenvalue weighted by molar-refractivity contribution is 5.69. The third-order valence-electron chi connectivity index (χ3n) is 13.8. The van der Waals surface area contributed by atoms with Crippen molar-refractivity contribution in [2.45, 2.75) is 109 Å². The number of H-pyrrole nitrogens is 1. The number of likely N-dealkylation sites (tertiary alicyclic amines) is 2. The van der Waals surface area contributed by atoms with Crippen molar-refractivity contribution in [1.82, 2.24) is 73.2 Å². The lowest BCUT2D eigenvalue weighted by molar-refractivity contribution is 0.0193. The molecule has 3 aliphatic rings. The van der Waals surface area contributed by atoms with E-state index in [9.17, 15) is 19.6 Å². The molecule has 0 radical (unpaired) electrons. The average molecular weight is 1180 g/mol. The van der Waals surface area contributed by atoms with Crippen LogP contribution in [0.2, 0.25) is 0 Å². The first-order chi connectivity index (χ1) is 41.8. The van der Waals surface area contributed by atoms with Crippen LogP contribution in [-0.2, 0) is 9.47 Å². The fraction of sp³-hybridized carbons (Fsp3) is 0.377. The van der Waals surface area contributed by atoms with Crippen LogP contribution in [0.4, 0.5) is 21.2 Å². The summed E-state index contributed by atoms with van der Waals surface area (Å²) in [6.45, 7) is 15.9. The lowest BCUT2D eigenvalue weighted by Crippen LogP contribution is -2.47. The van der Waals surface area contributed by atoms with Crippen LogP contribution in [0.25, 0.3) is 51.5 Å². The Hall–Kier alpha value is -10.4. The van der Waals surface area contributed by atoms with E-state index in [1.165, 1.54) is 18.7 Å². The summed E-state index contributed by atoms with van der Waals surface area (Å²) in [7, 11) is 0. The molecule has 448 valence electrons. The number of anilines is 2. The molecule has 3 aliphatic heterocycles. The molecule has 6 N–H and O–H groups in total. The van der Waals surface area contributed by atoms with Gasteiger partial charge in [0.15, 0.2) is 17.5 Å². The Bertz CT molecular complexity index is 4060. The van der Waals surface area contributed by atoms with E-state index in [0.717, 1.165) is 74.5 Å². The van der Waals surface area contributed by atoms with Crippen LogP contribution in [-0.4, -0.2) is 149 Å². The molecule has 0 bridgehead atoms. The number of rotatable bonds is 7. The van der Waals surface area contributed by atoms with Gasteiger partial charge in [-0.3, -0.25) is 18.0 Å². The van der Waals surface area contributed by atoms with Gasteiger partial charge in [0.25, 0.3) is 5.56 Å². The lowest BCUT2D eigenvalue weighted by atomic mass is 10.1. The van der Waals surface area contributed by atoms with Gasteiger partial charge in [0, 0.05) is 94.1 Å². The number of hydrogen-bond donors (Lipinski definition) is 5. The quantitative estimate of drug-likeness (QED) is 0.102. The van der Waals surface area contributed by atoms with E-state index >= 15 is 0 Å². The van der Waals surface area contributed by atoms with Gasteiger partial charge < -0.3 is 45.9 Å². The number of nitrogens with zero attached hydrogens (tertiary/aromatic N) is 16. The van der Waals surface area contributed by atoms with Gasteiger partial charge in [0.1, 0.15) is 75.1 Å². The van der Waals surface area contributed by atoms with Crippen molar-refractivity contribution in [3.8, 4) is 52.8 Å². The van der Waals surface area contributed by atoms with E-state index in [1.807, 2.05) is 62.5 Å². The van der Waals surface area contributed by atoms with Crippen LogP contribution in [0, 0.1) is 34.0 Å². The van der Waals surface area contributed by atoms with Crippen LogP contribution in [0.15, 0.2) is 115 Å². The molecule has 0 aromatic carbocycles. The molecule has 0 unspecified atom stereocenters. The molecule has 0 saturated carbocycles. The van der Waals surface area contributed by atoms with Crippen molar-refractivity contribution in [1.29, 1.82) is 15.8 Å². The predicted molar refractivity (Wildman–Crippen MR) is 325 cm³/mol.